The molecule has 8 heteroatoms. The van der Waals surface area contributed by atoms with Gasteiger partial charge in [0.05, 0.1) is 16.4 Å². The van der Waals surface area contributed by atoms with Crippen LogP contribution in [0.3, 0.4) is 0 Å². The zero-order valence-corrected chi connectivity index (χ0v) is 11.6. The zero-order valence-electron chi connectivity index (χ0n) is 9.95. The third-order valence-corrected chi connectivity index (χ3v) is 4.23. The van der Waals surface area contributed by atoms with Gasteiger partial charge in [0, 0.05) is 19.1 Å². The second kappa shape index (κ2) is 6.17. The summed E-state index contributed by atoms with van der Waals surface area (Å²) in [6.45, 7) is 0.435. The maximum atomic E-state index is 11.5. The summed E-state index contributed by atoms with van der Waals surface area (Å²) in [6, 6.07) is 4.28. The Morgan fingerprint density at radius 1 is 1.44 bits per heavy atom. The van der Waals surface area contributed by atoms with E-state index in [1.807, 2.05) is 0 Å². The summed E-state index contributed by atoms with van der Waals surface area (Å²) in [5.41, 5.74) is -0.360. The Labute approximate surface area is 109 Å². The summed E-state index contributed by atoms with van der Waals surface area (Å²) in [6.07, 6.45) is 0.957. The number of nitro groups is 1. The molecule has 0 saturated heterocycles. The lowest BCUT2D eigenvalue weighted by Gasteiger charge is -2.06. The van der Waals surface area contributed by atoms with E-state index < -0.39 is 14.8 Å². The van der Waals surface area contributed by atoms with Crippen LogP contribution >= 0.6 is 11.8 Å². The number of sulfone groups is 1. The lowest BCUT2D eigenvalue weighted by molar-refractivity contribution is -0.390. The molecule has 0 radical (unpaired) electrons. The van der Waals surface area contributed by atoms with Crippen LogP contribution in [0.1, 0.15) is 0 Å². The first-order valence-corrected chi connectivity index (χ1v) is 7.85. The van der Waals surface area contributed by atoms with Gasteiger partial charge < -0.3 is 4.74 Å². The van der Waals surface area contributed by atoms with Crippen molar-refractivity contribution in [1.82, 2.24) is 0 Å². The average Bonchev–Trinajstić information content (AvgIpc) is 2.27. The van der Waals surface area contributed by atoms with E-state index in [1.54, 1.807) is 0 Å². The van der Waals surface area contributed by atoms with Crippen LogP contribution in [0.5, 0.6) is 0 Å². The monoisotopic (exact) mass is 291 g/mol. The number of hydrogen-bond donors (Lipinski definition) is 0. The number of hydrogen-bond acceptors (Lipinski definition) is 6. The molecule has 1 rings (SSSR count). The van der Waals surface area contributed by atoms with Gasteiger partial charge in [0.2, 0.25) is 0 Å². The fourth-order valence-electron chi connectivity index (χ4n) is 1.33. The molecule has 0 aliphatic heterocycles. The fraction of sp³-hybridized carbons (Fsp3) is 0.400. The Kier molecular flexibility index (Phi) is 5.12. The number of benzene rings is 1. The molecule has 0 heterocycles. The lowest BCUT2D eigenvalue weighted by Crippen LogP contribution is -2.04. The van der Waals surface area contributed by atoms with Crippen molar-refractivity contribution in [2.75, 3.05) is 25.7 Å². The van der Waals surface area contributed by atoms with E-state index in [-0.39, 0.29) is 10.6 Å². The minimum atomic E-state index is -3.62. The molecule has 0 spiro atoms. The van der Waals surface area contributed by atoms with Crippen molar-refractivity contribution in [2.45, 2.75) is 9.79 Å². The van der Waals surface area contributed by atoms with Gasteiger partial charge in [0.15, 0.2) is 9.84 Å². The molecule has 6 nitrogen and oxygen atoms in total. The van der Waals surface area contributed by atoms with Gasteiger partial charge in [-0.2, -0.15) is 0 Å². The molecule has 1 aromatic rings. The van der Waals surface area contributed by atoms with E-state index in [0.29, 0.717) is 17.3 Å². The van der Waals surface area contributed by atoms with E-state index >= 15 is 0 Å². The number of thioether (sulfide) groups is 1. The van der Waals surface area contributed by atoms with Crippen molar-refractivity contribution in [1.29, 1.82) is 0 Å². The van der Waals surface area contributed by atoms with E-state index in [4.69, 9.17) is 4.74 Å². The van der Waals surface area contributed by atoms with Gasteiger partial charge in [-0.1, -0.05) is 6.07 Å². The van der Waals surface area contributed by atoms with Crippen molar-refractivity contribution in [3.8, 4) is 0 Å². The smallest absolute Gasteiger partial charge is 0.301 e. The molecule has 0 fully saturated rings. The summed E-state index contributed by atoms with van der Waals surface area (Å²) in [7, 11) is -2.09. The Balaban J connectivity index is 3.23. The van der Waals surface area contributed by atoms with Crippen LogP contribution in [0, 0.1) is 10.1 Å². The molecule has 0 bridgehead atoms. The molecule has 18 heavy (non-hydrogen) atoms. The number of ether oxygens (including phenoxy) is 1. The van der Waals surface area contributed by atoms with Crippen molar-refractivity contribution in [3.63, 3.8) is 0 Å². The van der Waals surface area contributed by atoms with Gasteiger partial charge in [-0.3, -0.25) is 10.1 Å². The highest BCUT2D eigenvalue weighted by molar-refractivity contribution is 7.99. The number of nitro benzene ring substituents is 1. The molecule has 1 aromatic carbocycles. The van der Waals surface area contributed by atoms with Gasteiger partial charge in [-0.15, -0.1) is 11.8 Å². The summed E-state index contributed by atoms with van der Waals surface area (Å²) in [5, 5.41) is 11.0. The average molecular weight is 291 g/mol. The van der Waals surface area contributed by atoms with Crippen molar-refractivity contribution in [3.05, 3.63) is 28.3 Å². The fourth-order valence-corrected chi connectivity index (χ4v) is 3.22. The quantitative estimate of drug-likeness (QED) is 0.343. The maximum absolute atomic E-state index is 11.5. The van der Waals surface area contributed by atoms with Gasteiger partial charge in [-0.05, 0) is 12.1 Å². The van der Waals surface area contributed by atoms with Gasteiger partial charge >= 0.3 is 5.69 Å². The normalized spacial score (nSPS) is 11.4. The number of nitrogens with zero attached hydrogens (tertiary/aromatic N) is 1. The Hall–Kier alpha value is -1.12. The molecule has 0 amide bonds. The van der Waals surface area contributed by atoms with Crippen molar-refractivity contribution >= 4 is 27.3 Å². The molecule has 0 saturated carbocycles. The van der Waals surface area contributed by atoms with Gasteiger partial charge in [0.25, 0.3) is 0 Å². The largest absolute Gasteiger partial charge is 0.384 e. The zero-order chi connectivity index (χ0) is 13.8. The van der Waals surface area contributed by atoms with Crippen LogP contribution < -0.4 is 0 Å². The number of rotatable bonds is 6. The summed E-state index contributed by atoms with van der Waals surface area (Å²) in [5.74, 6) is 0.518. The van der Waals surface area contributed by atoms with Crippen LogP contribution in [0.2, 0.25) is 0 Å². The molecule has 0 atom stereocenters. The highest BCUT2D eigenvalue weighted by Gasteiger charge is 2.25. The molecule has 0 aliphatic rings. The third-order valence-electron chi connectivity index (χ3n) is 2.09. The molecular weight excluding hydrogens is 278 g/mol. The van der Waals surface area contributed by atoms with Crippen LogP contribution in [-0.4, -0.2) is 39.1 Å². The van der Waals surface area contributed by atoms with Crippen molar-refractivity contribution in [2.24, 2.45) is 0 Å². The summed E-state index contributed by atoms with van der Waals surface area (Å²) in [4.78, 5) is 10.4. The SMILES string of the molecule is COCCSc1cccc(S(C)(=O)=O)c1[N+](=O)[O-]. The highest BCUT2D eigenvalue weighted by atomic mass is 32.2. The maximum Gasteiger partial charge on any atom is 0.301 e. The second-order valence-electron chi connectivity index (χ2n) is 3.47. The van der Waals surface area contributed by atoms with Crippen LogP contribution in [-0.2, 0) is 14.6 Å². The predicted octanol–water partition coefficient (Wildman–Crippen LogP) is 1.74. The minimum Gasteiger partial charge on any atom is -0.384 e. The standard InChI is InChI=1S/C10H13NO5S2/c1-16-6-7-17-8-4-3-5-9(18(2,14)15)10(8)11(12)13/h3-5H,6-7H2,1-2H3. The van der Waals surface area contributed by atoms with E-state index in [9.17, 15) is 18.5 Å². The molecule has 0 unspecified atom stereocenters. The molecule has 0 aromatic heterocycles. The topological polar surface area (TPSA) is 86.5 Å². The van der Waals surface area contributed by atoms with Crippen LogP contribution in [0.25, 0.3) is 0 Å². The Morgan fingerprint density at radius 3 is 2.61 bits per heavy atom. The van der Waals surface area contributed by atoms with E-state index in [2.05, 4.69) is 0 Å². The highest BCUT2D eigenvalue weighted by Crippen LogP contribution is 2.34. The first-order valence-electron chi connectivity index (χ1n) is 4.97. The van der Waals surface area contributed by atoms with Crippen molar-refractivity contribution < 1.29 is 18.1 Å². The third kappa shape index (κ3) is 3.69. The molecule has 0 N–H and O–H groups in total. The van der Waals surface area contributed by atoms with Gasteiger partial charge in [0.1, 0.15) is 4.90 Å². The van der Waals surface area contributed by atoms with Crippen LogP contribution in [0.15, 0.2) is 28.0 Å². The van der Waals surface area contributed by atoms with E-state index in [1.165, 1.54) is 37.1 Å². The molecule has 100 valence electrons. The first kappa shape index (κ1) is 14.9. The van der Waals surface area contributed by atoms with E-state index in [0.717, 1.165) is 6.26 Å². The predicted molar refractivity (Wildman–Crippen MR) is 68.8 cm³/mol. The van der Waals surface area contributed by atoms with Gasteiger partial charge in [-0.25, -0.2) is 8.42 Å². The Bertz CT molecular complexity index is 541. The Morgan fingerprint density at radius 2 is 2.11 bits per heavy atom. The number of methoxy groups -OCH3 is 1. The minimum absolute atomic E-state index is 0.255. The number of para-hydroxylation sites is 1. The first-order chi connectivity index (χ1) is 8.38. The summed E-state index contributed by atoms with van der Waals surface area (Å²) >= 11 is 1.20. The molecule has 0 aliphatic carbocycles. The molecular formula is C10H13NO5S2. The lowest BCUT2D eigenvalue weighted by atomic mass is 10.3. The van der Waals surface area contributed by atoms with Crippen LogP contribution in [0.4, 0.5) is 5.69 Å². The second-order valence-corrected chi connectivity index (χ2v) is 6.59. The summed E-state index contributed by atoms with van der Waals surface area (Å²) < 4.78 is 27.9.